The maximum Gasteiger partial charge on any atom is 0.120 e. The van der Waals surface area contributed by atoms with Crippen molar-refractivity contribution in [3.05, 3.63) is 24.2 Å². The first-order valence-electron chi connectivity index (χ1n) is 6.00. The fourth-order valence-electron chi connectivity index (χ4n) is 2.43. The van der Waals surface area contributed by atoms with Crippen LogP contribution in [0.15, 0.2) is 22.8 Å². The summed E-state index contributed by atoms with van der Waals surface area (Å²) < 4.78 is 5.36. The standard InChI is InChI=1S/C13H18N2O/c1-10(13-7-4-8-16-13)15-12-6-3-2-5-11(12)9-14/h4,7-8,10-12,15H,2-3,5-6H2,1H3/t10-,11?,12?/m0/s1. The molecule has 86 valence electrons. The molecule has 3 heteroatoms. The van der Waals surface area contributed by atoms with Gasteiger partial charge in [-0.1, -0.05) is 12.8 Å². The van der Waals surface area contributed by atoms with Crippen molar-refractivity contribution in [2.75, 3.05) is 0 Å². The zero-order valence-electron chi connectivity index (χ0n) is 9.65. The second-order valence-corrected chi connectivity index (χ2v) is 4.53. The molecular weight excluding hydrogens is 200 g/mol. The quantitative estimate of drug-likeness (QED) is 0.848. The normalized spacial score (nSPS) is 27.2. The van der Waals surface area contributed by atoms with Gasteiger partial charge in [-0.15, -0.1) is 0 Å². The predicted molar refractivity (Wildman–Crippen MR) is 61.6 cm³/mol. The van der Waals surface area contributed by atoms with Crippen LogP contribution in [-0.2, 0) is 0 Å². The lowest BCUT2D eigenvalue weighted by Crippen LogP contribution is -2.39. The molecule has 0 bridgehead atoms. The van der Waals surface area contributed by atoms with Gasteiger partial charge in [-0.2, -0.15) is 5.26 Å². The van der Waals surface area contributed by atoms with Crippen LogP contribution in [0, 0.1) is 17.2 Å². The minimum absolute atomic E-state index is 0.158. The molecule has 1 aliphatic rings. The van der Waals surface area contributed by atoms with Crippen molar-refractivity contribution in [2.24, 2.45) is 5.92 Å². The summed E-state index contributed by atoms with van der Waals surface area (Å²) in [5, 5.41) is 12.6. The molecule has 1 aromatic heterocycles. The van der Waals surface area contributed by atoms with Crippen molar-refractivity contribution in [3.63, 3.8) is 0 Å². The molecule has 1 aromatic rings. The van der Waals surface area contributed by atoms with E-state index in [0.29, 0.717) is 6.04 Å². The van der Waals surface area contributed by atoms with Crippen LogP contribution >= 0.6 is 0 Å². The molecule has 16 heavy (non-hydrogen) atoms. The van der Waals surface area contributed by atoms with E-state index in [-0.39, 0.29) is 12.0 Å². The summed E-state index contributed by atoms with van der Waals surface area (Å²) in [6.45, 7) is 2.09. The third-order valence-corrected chi connectivity index (χ3v) is 3.37. The van der Waals surface area contributed by atoms with Crippen LogP contribution in [0.4, 0.5) is 0 Å². The highest BCUT2D eigenvalue weighted by Crippen LogP contribution is 2.26. The zero-order valence-corrected chi connectivity index (χ0v) is 9.65. The zero-order chi connectivity index (χ0) is 11.4. The minimum atomic E-state index is 0.158. The Morgan fingerprint density at radius 3 is 3.00 bits per heavy atom. The topological polar surface area (TPSA) is 49.0 Å². The lowest BCUT2D eigenvalue weighted by Gasteiger charge is -2.29. The van der Waals surface area contributed by atoms with Gasteiger partial charge in [0.2, 0.25) is 0 Å². The molecule has 0 aromatic carbocycles. The van der Waals surface area contributed by atoms with Crippen molar-refractivity contribution >= 4 is 0 Å². The lowest BCUT2D eigenvalue weighted by molar-refractivity contribution is 0.278. The Labute approximate surface area is 96.4 Å². The van der Waals surface area contributed by atoms with Gasteiger partial charge in [-0.3, -0.25) is 0 Å². The van der Waals surface area contributed by atoms with Crippen molar-refractivity contribution in [3.8, 4) is 6.07 Å². The maximum atomic E-state index is 9.09. The average Bonchev–Trinajstić information content (AvgIpc) is 2.83. The monoisotopic (exact) mass is 218 g/mol. The molecule has 2 unspecified atom stereocenters. The molecule has 1 N–H and O–H groups in total. The molecular formula is C13H18N2O. The number of hydrogen-bond donors (Lipinski definition) is 1. The Morgan fingerprint density at radius 1 is 1.50 bits per heavy atom. The molecule has 1 saturated carbocycles. The van der Waals surface area contributed by atoms with E-state index in [4.69, 9.17) is 9.68 Å². The van der Waals surface area contributed by atoms with Crippen LogP contribution < -0.4 is 5.32 Å². The summed E-state index contributed by atoms with van der Waals surface area (Å²) in [5.41, 5.74) is 0. The van der Waals surface area contributed by atoms with Gasteiger partial charge in [0.15, 0.2) is 0 Å². The fourth-order valence-corrected chi connectivity index (χ4v) is 2.43. The first-order valence-corrected chi connectivity index (χ1v) is 6.00. The number of rotatable bonds is 3. The van der Waals surface area contributed by atoms with E-state index in [1.807, 2.05) is 12.1 Å². The molecule has 0 amide bonds. The number of hydrogen-bond acceptors (Lipinski definition) is 3. The highest BCUT2D eigenvalue weighted by Gasteiger charge is 2.26. The second kappa shape index (κ2) is 5.18. The number of nitrogens with one attached hydrogen (secondary N) is 1. The predicted octanol–water partition coefficient (Wildman–Crippen LogP) is 3.01. The smallest absolute Gasteiger partial charge is 0.120 e. The van der Waals surface area contributed by atoms with E-state index in [1.54, 1.807) is 6.26 Å². The summed E-state index contributed by atoms with van der Waals surface area (Å²) in [5.74, 6) is 1.11. The number of nitriles is 1. The van der Waals surface area contributed by atoms with Crippen molar-refractivity contribution in [2.45, 2.75) is 44.7 Å². The highest BCUT2D eigenvalue weighted by atomic mass is 16.3. The first kappa shape index (κ1) is 11.2. The minimum Gasteiger partial charge on any atom is -0.468 e. The van der Waals surface area contributed by atoms with E-state index >= 15 is 0 Å². The molecule has 1 aliphatic carbocycles. The average molecular weight is 218 g/mol. The molecule has 3 nitrogen and oxygen atoms in total. The molecule has 0 spiro atoms. The molecule has 3 atom stereocenters. The van der Waals surface area contributed by atoms with Crippen molar-refractivity contribution in [1.29, 1.82) is 5.26 Å². The molecule has 1 fully saturated rings. The van der Waals surface area contributed by atoms with Gasteiger partial charge in [0, 0.05) is 6.04 Å². The number of furan rings is 1. The molecule has 1 heterocycles. The van der Waals surface area contributed by atoms with Gasteiger partial charge in [0.25, 0.3) is 0 Å². The van der Waals surface area contributed by atoms with E-state index in [2.05, 4.69) is 18.3 Å². The van der Waals surface area contributed by atoms with Gasteiger partial charge in [-0.25, -0.2) is 0 Å². The second-order valence-electron chi connectivity index (χ2n) is 4.53. The van der Waals surface area contributed by atoms with Crippen LogP contribution in [-0.4, -0.2) is 6.04 Å². The molecule has 2 rings (SSSR count). The summed E-state index contributed by atoms with van der Waals surface area (Å²) in [6.07, 6.45) is 6.23. The van der Waals surface area contributed by atoms with Crippen LogP contribution in [0.1, 0.15) is 44.4 Å². The number of nitrogens with zero attached hydrogens (tertiary/aromatic N) is 1. The van der Waals surface area contributed by atoms with E-state index < -0.39 is 0 Å². The van der Waals surface area contributed by atoms with E-state index in [1.165, 1.54) is 12.8 Å². The SMILES string of the molecule is C[C@H](NC1CCCCC1C#N)c1ccco1. The largest absolute Gasteiger partial charge is 0.468 e. The summed E-state index contributed by atoms with van der Waals surface area (Å²) in [4.78, 5) is 0. The van der Waals surface area contributed by atoms with Gasteiger partial charge < -0.3 is 9.73 Å². The highest BCUT2D eigenvalue weighted by molar-refractivity contribution is 5.05. The third kappa shape index (κ3) is 2.45. The Balaban J connectivity index is 1.95. The molecule has 0 aliphatic heterocycles. The van der Waals surface area contributed by atoms with Gasteiger partial charge in [-0.05, 0) is 31.9 Å². The van der Waals surface area contributed by atoms with Crippen molar-refractivity contribution in [1.82, 2.24) is 5.32 Å². The third-order valence-electron chi connectivity index (χ3n) is 3.37. The summed E-state index contributed by atoms with van der Waals surface area (Å²) in [7, 11) is 0. The van der Waals surface area contributed by atoms with Gasteiger partial charge in [0.05, 0.1) is 24.3 Å². The summed E-state index contributed by atoms with van der Waals surface area (Å²) in [6, 6.07) is 6.79. The Morgan fingerprint density at radius 2 is 2.31 bits per heavy atom. The molecule has 0 saturated heterocycles. The van der Waals surface area contributed by atoms with Gasteiger partial charge >= 0.3 is 0 Å². The van der Waals surface area contributed by atoms with Crippen LogP contribution in [0.25, 0.3) is 0 Å². The Bertz CT molecular complexity index is 353. The van der Waals surface area contributed by atoms with E-state index in [9.17, 15) is 0 Å². The van der Waals surface area contributed by atoms with E-state index in [0.717, 1.165) is 18.6 Å². The van der Waals surface area contributed by atoms with Crippen LogP contribution in [0.3, 0.4) is 0 Å². The Hall–Kier alpha value is -1.27. The summed E-state index contributed by atoms with van der Waals surface area (Å²) >= 11 is 0. The Kier molecular flexibility index (Phi) is 3.63. The lowest BCUT2D eigenvalue weighted by atomic mass is 9.85. The van der Waals surface area contributed by atoms with Crippen LogP contribution in [0.2, 0.25) is 0 Å². The van der Waals surface area contributed by atoms with Gasteiger partial charge in [0.1, 0.15) is 5.76 Å². The first-order chi connectivity index (χ1) is 7.81. The van der Waals surface area contributed by atoms with Crippen LogP contribution in [0.5, 0.6) is 0 Å². The fraction of sp³-hybridized carbons (Fsp3) is 0.615. The molecule has 0 radical (unpaired) electrons. The van der Waals surface area contributed by atoms with Crippen molar-refractivity contribution < 1.29 is 4.42 Å². The maximum absolute atomic E-state index is 9.09.